The number of nitrogens with two attached hydrogens (primary N) is 1. The molecule has 3 N–H and O–H groups in total. The van der Waals surface area contributed by atoms with Crippen LogP contribution in [-0.2, 0) is 39.3 Å². The minimum Gasteiger partial charge on any atom is -0.465 e. The zero-order valence-corrected chi connectivity index (χ0v) is 44.7. The fourth-order valence-corrected chi connectivity index (χ4v) is 10.8. The van der Waals surface area contributed by atoms with Gasteiger partial charge in [0, 0.05) is 12.8 Å². The largest absolute Gasteiger partial charge is 0.465 e. The first-order valence-electron chi connectivity index (χ1n) is 27.6. The number of carbonyl (C=O) groups is 2. The van der Waals surface area contributed by atoms with E-state index in [-0.39, 0.29) is 48.6 Å². The molecule has 0 radical (unpaired) electrons. The Hall–Kier alpha value is -4.87. The zero-order chi connectivity index (χ0) is 52.0. The molecule has 0 saturated carbocycles. The van der Waals surface area contributed by atoms with Crippen LogP contribution in [0.25, 0.3) is 11.2 Å². The van der Waals surface area contributed by atoms with Crippen LogP contribution in [0.1, 0.15) is 199 Å². The number of para-hydroxylation sites is 1. The van der Waals surface area contributed by atoms with Crippen molar-refractivity contribution in [1.29, 1.82) is 0 Å². The summed E-state index contributed by atoms with van der Waals surface area (Å²) in [6.45, 7) is 4.00. The van der Waals surface area contributed by atoms with E-state index in [1.54, 1.807) is 30.3 Å². The van der Waals surface area contributed by atoms with Gasteiger partial charge in [0.05, 0.1) is 12.9 Å². The number of hydrogen-bond acceptors (Lipinski definition) is 12. The summed E-state index contributed by atoms with van der Waals surface area (Å²) in [5.74, 6) is 1.52. The average Bonchev–Trinajstić information content (AvgIpc) is 3.98. The number of fused-ring (bicyclic) bond motifs is 1. The van der Waals surface area contributed by atoms with E-state index in [0.29, 0.717) is 12.8 Å². The first kappa shape index (κ1) is 59.0. The fraction of sp³-hybridized carbons (Fsp3) is 0.632. The van der Waals surface area contributed by atoms with Crippen LogP contribution in [-0.4, -0.2) is 62.4 Å². The molecule has 0 spiro atoms. The minimum atomic E-state index is -4.58. The number of nitrogen functional groups attached to an aromatic ring is 1. The lowest BCUT2D eigenvalue weighted by Gasteiger charge is -2.31. The molecule has 5 rings (SSSR count). The first-order valence-corrected chi connectivity index (χ1v) is 29.1. The Bertz CT molecular complexity index is 2280. The van der Waals surface area contributed by atoms with E-state index in [4.69, 9.17) is 35.4 Å². The topological polar surface area (TPSA) is 179 Å². The molecule has 2 aromatic carbocycles. The summed E-state index contributed by atoms with van der Waals surface area (Å²) in [5.41, 5.74) is 5.05. The average molecular weight is 1030 g/mol. The third-order valence-electron chi connectivity index (χ3n) is 13.6. The standard InChI is InChI=1S/C57H84FN6O8P/c1-4-7-9-11-13-14-15-16-17-18-19-20-21-22-23-25-27-35-41-68-55(66)48(42-46-36-30-28-31-37-46)63-73(67,72-47-38-32-29-33-39-47)69-44-57(6-3)49(70-51(65)40-34-26-24-12-10-8-5-2)43-50(71-57)64-45-60-52-53(59)61-56(58)62-54(52)64/h3,28-33,36-39,45,48-50H,4-5,7-27,34-35,40-44H2,1-2H3,(H,63,67)(H2,59,61,62). The van der Waals surface area contributed by atoms with Gasteiger partial charge in [-0.3, -0.25) is 18.7 Å². The van der Waals surface area contributed by atoms with Gasteiger partial charge in [0.25, 0.3) is 0 Å². The summed E-state index contributed by atoms with van der Waals surface area (Å²) in [7, 11) is -4.58. The number of unbranched alkanes of at least 4 members (excludes halogenated alkanes) is 23. The van der Waals surface area contributed by atoms with Crippen LogP contribution < -0.4 is 15.3 Å². The number of terminal acetylenes is 1. The highest BCUT2D eigenvalue weighted by Crippen LogP contribution is 2.49. The van der Waals surface area contributed by atoms with Crippen LogP contribution in [0, 0.1) is 18.4 Å². The first-order chi connectivity index (χ1) is 35.6. The fourth-order valence-electron chi connectivity index (χ4n) is 9.31. The highest BCUT2D eigenvalue weighted by molar-refractivity contribution is 7.52. The maximum absolute atomic E-state index is 15.2. The number of carbonyl (C=O) groups excluding carboxylic acids is 2. The highest BCUT2D eigenvalue weighted by Gasteiger charge is 2.53. The molecule has 3 heterocycles. The van der Waals surface area contributed by atoms with Crippen LogP contribution in [0.2, 0.25) is 0 Å². The summed E-state index contributed by atoms with van der Waals surface area (Å²) in [6.07, 6.45) is 34.2. The molecule has 0 bridgehead atoms. The van der Waals surface area contributed by atoms with Gasteiger partial charge in [-0.1, -0.05) is 216 Å². The van der Waals surface area contributed by atoms with Crippen molar-refractivity contribution in [2.45, 2.75) is 218 Å². The number of rotatable bonds is 39. The maximum atomic E-state index is 15.2. The van der Waals surface area contributed by atoms with E-state index in [9.17, 15) is 14.0 Å². The van der Waals surface area contributed by atoms with E-state index in [1.165, 1.54) is 107 Å². The summed E-state index contributed by atoms with van der Waals surface area (Å²) in [5, 5.41) is 2.90. The lowest BCUT2D eigenvalue weighted by molar-refractivity contribution is -0.158. The van der Waals surface area contributed by atoms with Gasteiger partial charge in [0.2, 0.25) is 0 Å². The van der Waals surface area contributed by atoms with Crippen LogP contribution >= 0.6 is 7.75 Å². The third kappa shape index (κ3) is 20.8. The number of aromatic nitrogens is 4. The second-order valence-corrected chi connectivity index (χ2v) is 21.3. The molecule has 1 aliphatic rings. The normalized spacial score (nSPS) is 17.8. The Balaban J connectivity index is 1.21. The van der Waals surface area contributed by atoms with E-state index >= 15 is 4.57 Å². The number of nitrogens with one attached hydrogen (secondary N) is 1. The predicted octanol–water partition coefficient (Wildman–Crippen LogP) is 13.9. The molecule has 1 fully saturated rings. The van der Waals surface area contributed by atoms with Gasteiger partial charge in [0.1, 0.15) is 30.7 Å². The van der Waals surface area contributed by atoms with Gasteiger partial charge in [-0.15, -0.1) is 6.42 Å². The number of anilines is 1. The molecule has 1 aliphatic heterocycles. The predicted molar refractivity (Wildman–Crippen MR) is 286 cm³/mol. The van der Waals surface area contributed by atoms with E-state index in [2.05, 4.69) is 39.8 Å². The molecule has 0 aliphatic carbocycles. The molecule has 1 saturated heterocycles. The van der Waals surface area contributed by atoms with Crippen molar-refractivity contribution in [1.82, 2.24) is 24.6 Å². The molecule has 0 amide bonds. The number of esters is 2. The number of hydrogen-bond donors (Lipinski definition) is 2. The molecule has 402 valence electrons. The van der Waals surface area contributed by atoms with Gasteiger partial charge in [-0.25, -0.2) is 9.55 Å². The Morgan fingerprint density at radius 2 is 1.34 bits per heavy atom. The number of benzene rings is 2. The Labute approximate surface area is 434 Å². The monoisotopic (exact) mass is 1030 g/mol. The number of ether oxygens (including phenoxy) is 3. The molecule has 14 nitrogen and oxygen atoms in total. The van der Waals surface area contributed by atoms with Crippen molar-refractivity contribution in [3.63, 3.8) is 0 Å². The molecule has 5 atom stereocenters. The second-order valence-electron chi connectivity index (χ2n) is 19.6. The third-order valence-corrected chi connectivity index (χ3v) is 15.1. The number of imidazole rings is 1. The van der Waals surface area contributed by atoms with Crippen LogP contribution in [0.4, 0.5) is 10.2 Å². The highest BCUT2D eigenvalue weighted by atomic mass is 31.2. The number of halogens is 1. The molecule has 16 heteroatoms. The van der Waals surface area contributed by atoms with Crippen LogP contribution in [0.3, 0.4) is 0 Å². The van der Waals surface area contributed by atoms with Gasteiger partial charge >= 0.3 is 25.8 Å². The van der Waals surface area contributed by atoms with Crippen LogP contribution in [0.5, 0.6) is 5.75 Å². The molecule has 4 aromatic rings. The lowest BCUT2D eigenvalue weighted by atomic mass is 9.98. The van der Waals surface area contributed by atoms with Crippen molar-refractivity contribution < 1.29 is 41.8 Å². The van der Waals surface area contributed by atoms with Gasteiger partial charge in [-0.2, -0.15) is 19.4 Å². The van der Waals surface area contributed by atoms with Crippen LogP contribution in [0.15, 0.2) is 67.0 Å². The molecular weight excluding hydrogens is 947 g/mol. The van der Waals surface area contributed by atoms with Crippen molar-refractivity contribution in [3.05, 3.63) is 78.6 Å². The summed E-state index contributed by atoms with van der Waals surface area (Å²) >= 11 is 0. The SMILES string of the molecule is C#CC1(COP(=O)(NC(Cc2ccccc2)C(=O)OCCCCCCCCCCCCCCCCCCCC)Oc2ccccc2)OC(n2cnc3c(N)nc(F)nc32)CC1OC(=O)CCCCCCCCC. The molecule has 2 aromatic heterocycles. The van der Waals surface area contributed by atoms with Gasteiger partial charge in [0.15, 0.2) is 22.6 Å². The molecule has 5 unspecified atom stereocenters. The number of nitrogens with zero attached hydrogens (tertiary/aromatic N) is 4. The van der Waals surface area contributed by atoms with E-state index < -0.39 is 56.3 Å². The van der Waals surface area contributed by atoms with Gasteiger partial charge < -0.3 is 24.5 Å². The van der Waals surface area contributed by atoms with E-state index in [1.807, 2.05) is 30.3 Å². The van der Waals surface area contributed by atoms with E-state index in [0.717, 1.165) is 56.9 Å². The Kier molecular flexibility index (Phi) is 26.8. The second kappa shape index (κ2) is 33.1. The van der Waals surface area contributed by atoms with Crippen molar-refractivity contribution in [2.75, 3.05) is 18.9 Å². The lowest BCUT2D eigenvalue weighted by Crippen LogP contribution is -2.46. The quantitative estimate of drug-likeness (QED) is 0.0142. The smallest absolute Gasteiger partial charge is 0.459 e. The zero-order valence-electron chi connectivity index (χ0n) is 43.8. The van der Waals surface area contributed by atoms with Gasteiger partial charge in [-0.05, 0) is 37.0 Å². The maximum Gasteiger partial charge on any atom is 0.459 e. The molecular formula is C57H84FN6O8P. The van der Waals surface area contributed by atoms with Crippen molar-refractivity contribution in [3.8, 4) is 18.1 Å². The minimum absolute atomic E-state index is 0.0314. The summed E-state index contributed by atoms with van der Waals surface area (Å²) in [6, 6.07) is 16.5. The van der Waals surface area contributed by atoms with Crippen molar-refractivity contribution >= 4 is 36.7 Å². The Morgan fingerprint density at radius 1 is 0.808 bits per heavy atom. The summed E-state index contributed by atoms with van der Waals surface area (Å²) in [4.78, 5) is 39.3. The Morgan fingerprint density at radius 3 is 1.90 bits per heavy atom. The van der Waals surface area contributed by atoms with Crippen molar-refractivity contribution in [2.24, 2.45) is 0 Å². The summed E-state index contributed by atoms with van der Waals surface area (Å²) < 4.78 is 62.0. The molecule has 73 heavy (non-hydrogen) atoms.